The molecule has 1 atom stereocenters. The van der Waals surface area contributed by atoms with E-state index in [4.69, 9.17) is 5.73 Å². The molecule has 11 heteroatoms. The largest absolute Gasteiger partial charge is 0.433 e. The van der Waals surface area contributed by atoms with Crippen LogP contribution in [0, 0.1) is 0 Å². The summed E-state index contributed by atoms with van der Waals surface area (Å²) in [6.07, 6.45) is -2.19. The third-order valence-corrected chi connectivity index (χ3v) is 7.29. The number of aromatic nitrogens is 2. The molecule has 4 rings (SSSR count). The minimum absolute atomic E-state index is 0.110. The molecular formula is C22H19F3N4O2S2. The summed E-state index contributed by atoms with van der Waals surface area (Å²) in [7, 11) is 0. The molecule has 0 bridgehead atoms. The van der Waals surface area contributed by atoms with Gasteiger partial charge in [-0.05, 0) is 37.8 Å². The van der Waals surface area contributed by atoms with E-state index in [2.05, 4.69) is 15.3 Å². The van der Waals surface area contributed by atoms with E-state index in [0.717, 1.165) is 47.5 Å². The lowest BCUT2D eigenvalue weighted by atomic mass is 10.1. The summed E-state index contributed by atoms with van der Waals surface area (Å²) >= 11 is 2.12. The molecular weight excluding hydrogens is 473 g/mol. The van der Waals surface area contributed by atoms with Crippen LogP contribution in [0.1, 0.15) is 39.8 Å². The topological polar surface area (TPSA) is 98.0 Å². The van der Waals surface area contributed by atoms with Gasteiger partial charge in [0.25, 0.3) is 5.91 Å². The number of carbonyl (C=O) groups excluding carboxylic acids is 2. The fraction of sp³-hybridized carbons (Fsp3) is 0.273. The van der Waals surface area contributed by atoms with Crippen LogP contribution in [0.2, 0.25) is 0 Å². The third kappa shape index (κ3) is 5.03. The van der Waals surface area contributed by atoms with E-state index in [1.807, 2.05) is 0 Å². The fourth-order valence-electron chi connectivity index (χ4n) is 3.56. The number of anilines is 1. The summed E-state index contributed by atoms with van der Waals surface area (Å²) in [5.41, 5.74) is 6.24. The second-order valence-corrected chi connectivity index (χ2v) is 9.87. The molecule has 6 nitrogen and oxygen atoms in total. The molecule has 0 aliphatic heterocycles. The number of halogens is 3. The molecule has 0 fully saturated rings. The number of fused-ring (bicyclic) bond motifs is 1. The number of hydrogen-bond donors (Lipinski definition) is 2. The minimum atomic E-state index is -4.67. The van der Waals surface area contributed by atoms with Crippen LogP contribution in [0.15, 0.2) is 41.6 Å². The van der Waals surface area contributed by atoms with E-state index in [0.29, 0.717) is 16.1 Å². The SMILES string of the molecule is C[C@@H](Sc1nc(-c2ccccc2)cc(C(F)(F)F)n1)C(=O)Nc1sc2c(c1C(N)=O)CCC2. The molecule has 0 radical (unpaired) electrons. The predicted octanol–water partition coefficient (Wildman–Crippen LogP) is 4.93. The zero-order chi connectivity index (χ0) is 23.8. The third-order valence-electron chi connectivity index (χ3n) is 5.12. The summed E-state index contributed by atoms with van der Waals surface area (Å²) in [5.74, 6) is -1.09. The molecule has 1 aromatic carbocycles. The van der Waals surface area contributed by atoms with Gasteiger partial charge in [-0.1, -0.05) is 42.1 Å². The van der Waals surface area contributed by atoms with Crippen LogP contribution < -0.4 is 11.1 Å². The van der Waals surface area contributed by atoms with E-state index in [1.165, 1.54) is 18.3 Å². The van der Waals surface area contributed by atoms with Crippen LogP contribution >= 0.6 is 23.1 Å². The Morgan fingerprint density at radius 1 is 1.18 bits per heavy atom. The van der Waals surface area contributed by atoms with Crippen molar-refractivity contribution in [3.63, 3.8) is 0 Å². The van der Waals surface area contributed by atoms with Crippen LogP contribution in [0.3, 0.4) is 0 Å². The number of carbonyl (C=O) groups is 2. The number of nitrogens with one attached hydrogen (secondary N) is 1. The number of aryl methyl sites for hydroxylation is 1. The highest BCUT2D eigenvalue weighted by atomic mass is 32.2. The van der Waals surface area contributed by atoms with Crippen LogP contribution in [-0.2, 0) is 23.8 Å². The monoisotopic (exact) mass is 492 g/mol. The molecule has 3 aromatic rings. The van der Waals surface area contributed by atoms with Crippen molar-refractivity contribution in [1.82, 2.24) is 9.97 Å². The van der Waals surface area contributed by atoms with Gasteiger partial charge in [0.05, 0.1) is 16.5 Å². The van der Waals surface area contributed by atoms with Crippen molar-refractivity contribution in [1.29, 1.82) is 0 Å². The molecule has 172 valence electrons. The second-order valence-electron chi connectivity index (χ2n) is 7.46. The van der Waals surface area contributed by atoms with Crippen LogP contribution in [0.4, 0.5) is 18.2 Å². The number of nitrogens with zero attached hydrogens (tertiary/aromatic N) is 2. The van der Waals surface area contributed by atoms with E-state index < -0.39 is 28.9 Å². The zero-order valence-electron chi connectivity index (χ0n) is 17.4. The lowest BCUT2D eigenvalue weighted by molar-refractivity contribution is -0.141. The van der Waals surface area contributed by atoms with Crippen LogP contribution in [0.5, 0.6) is 0 Å². The molecule has 33 heavy (non-hydrogen) atoms. The molecule has 2 amide bonds. The Hall–Kier alpha value is -2.92. The first kappa shape index (κ1) is 23.2. The first-order valence-electron chi connectivity index (χ1n) is 10.1. The maximum absolute atomic E-state index is 13.4. The minimum Gasteiger partial charge on any atom is -0.365 e. The molecule has 2 aromatic heterocycles. The summed E-state index contributed by atoms with van der Waals surface area (Å²) in [5, 5.41) is 2.09. The number of alkyl halides is 3. The average Bonchev–Trinajstić information content (AvgIpc) is 3.34. The summed E-state index contributed by atoms with van der Waals surface area (Å²) in [6, 6.07) is 9.32. The first-order chi connectivity index (χ1) is 15.6. The number of benzene rings is 1. The van der Waals surface area contributed by atoms with Gasteiger partial charge in [-0.25, -0.2) is 9.97 Å². The fourth-order valence-corrected chi connectivity index (χ4v) is 5.64. The maximum Gasteiger partial charge on any atom is 0.433 e. The number of rotatable bonds is 6. The number of primary amides is 1. The Morgan fingerprint density at radius 3 is 2.58 bits per heavy atom. The molecule has 0 saturated heterocycles. The molecule has 3 N–H and O–H groups in total. The van der Waals surface area contributed by atoms with Crippen molar-refractivity contribution in [3.05, 3.63) is 58.1 Å². The normalized spacial score (nSPS) is 14.1. The van der Waals surface area contributed by atoms with Gasteiger partial charge >= 0.3 is 6.18 Å². The Balaban J connectivity index is 1.58. The lowest BCUT2D eigenvalue weighted by Crippen LogP contribution is -2.24. The Labute approximate surface area is 195 Å². The number of nitrogens with two attached hydrogens (primary N) is 1. The number of thioether (sulfide) groups is 1. The number of thiophene rings is 1. The molecule has 2 heterocycles. The van der Waals surface area contributed by atoms with E-state index >= 15 is 0 Å². The highest BCUT2D eigenvalue weighted by molar-refractivity contribution is 8.00. The van der Waals surface area contributed by atoms with E-state index in [-0.39, 0.29) is 10.9 Å². The van der Waals surface area contributed by atoms with Crippen molar-refractivity contribution in [2.24, 2.45) is 5.73 Å². The second kappa shape index (κ2) is 9.14. The highest BCUT2D eigenvalue weighted by Crippen LogP contribution is 2.39. The standard InChI is InChI=1S/C22H19F3N4O2S2/c1-11(19(31)29-20-17(18(26)30)13-8-5-9-15(13)33-20)32-21-27-14(12-6-3-2-4-7-12)10-16(28-21)22(23,24)25/h2-4,6-7,10-11H,5,8-9H2,1H3,(H2,26,30)(H,29,31)/t11-/m1/s1. The number of hydrogen-bond acceptors (Lipinski definition) is 6. The van der Waals surface area contributed by atoms with Crippen LogP contribution in [-0.4, -0.2) is 27.0 Å². The summed E-state index contributed by atoms with van der Waals surface area (Å²) < 4.78 is 40.3. The van der Waals surface area contributed by atoms with Crippen molar-refractivity contribution in [2.75, 3.05) is 5.32 Å². The zero-order valence-corrected chi connectivity index (χ0v) is 19.0. The molecule has 0 spiro atoms. The summed E-state index contributed by atoms with van der Waals surface area (Å²) in [4.78, 5) is 33.6. The van der Waals surface area contributed by atoms with Crippen LogP contribution in [0.25, 0.3) is 11.3 Å². The quantitative estimate of drug-likeness (QED) is 0.376. The predicted molar refractivity (Wildman–Crippen MR) is 121 cm³/mol. The Bertz CT molecular complexity index is 1210. The van der Waals surface area contributed by atoms with Gasteiger partial charge in [0, 0.05) is 10.4 Å². The smallest absolute Gasteiger partial charge is 0.365 e. The van der Waals surface area contributed by atoms with Crippen molar-refractivity contribution in [2.45, 2.75) is 42.8 Å². The van der Waals surface area contributed by atoms with Gasteiger partial charge in [-0.15, -0.1) is 11.3 Å². The Kier molecular flexibility index (Phi) is 6.44. The molecule has 1 aliphatic carbocycles. The van der Waals surface area contributed by atoms with E-state index in [1.54, 1.807) is 30.3 Å². The van der Waals surface area contributed by atoms with Crippen molar-refractivity contribution >= 4 is 39.9 Å². The van der Waals surface area contributed by atoms with E-state index in [9.17, 15) is 22.8 Å². The number of amides is 2. The molecule has 0 saturated carbocycles. The lowest BCUT2D eigenvalue weighted by Gasteiger charge is -2.14. The maximum atomic E-state index is 13.4. The van der Waals surface area contributed by atoms with Gasteiger partial charge < -0.3 is 11.1 Å². The van der Waals surface area contributed by atoms with Crippen molar-refractivity contribution < 1.29 is 22.8 Å². The van der Waals surface area contributed by atoms with Gasteiger partial charge in [-0.2, -0.15) is 13.2 Å². The average molecular weight is 493 g/mol. The van der Waals surface area contributed by atoms with Crippen molar-refractivity contribution in [3.8, 4) is 11.3 Å². The Morgan fingerprint density at radius 2 is 1.91 bits per heavy atom. The van der Waals surface area contributed by atoms with Gasteiger partial charge in [0.15, 0.2) is 5.16 Å². The van der Waals surface area contributed by atoms with Gasteiger partial charge in [0.1, 0.15) is 10.7 Å². The van der Waals surface area contributed by atoms with Gasteiger partial charge in [-0.3, -0.25) is 9.59 Å². The summed E-state index contributed by atoms with van der Waals surface area (Å²) in [6.45, 7) is 1.54. The molecule has 1 aliphatic rings. The van der Waals surface area contributed by atoms with Gasteiger partial charge in [0.2, 0.25) is 5.91 Å². The highest BCUT2D eigenvalue weighted by Gasteiger charge is 2.34. The molecule has 0 unspecified atom stereocenters. The first-order valence-corrected chi connectivity index (χ1v) is 11.8.